The summed E-state index contributed by atoms with van der Waals surface area (Å²) in [5.74, 6) is 0. The van der Waals surface area contributed by atoms with Gasteiger partial charge in [0.25, 0.3) is 0 Å². The summed E-state index contributed by atoms with van der Waals surface area (Å²) >= 11 is 0. The van der Waals surface area contributed by atoms with E-state index in [1.807, 2.05) is 9.80 Å². The Labute approximate surface area is 116 Å². The van der Waals surface area contributed by atoms with Crippen LogP contribution >= 0.6 is 0 Å². The van der Waals surface area contributed by atoms with E-state index in [0.29, 0.717) is 13.1 Å². The maximum absolute atomic E-state index is 10.1. The number of piperazine rings is 1. The number of aliphatic hydroxyl groups is 6. The van der Waals surface area contributed by atoms with Crippen molar-refractivity contribution in [2.45, 2.75) is 48.7 Å². The largest absolute Gasteiger partial charge is 0.389 e. The molecule has 0 spiro atoms. The van der Waals surface area contributed by atoms with Gasteiger partial charge in [-0.2, -0.15) is 0 Å². The summed E-state index contributed by atoms with van der Waals surface area (Å²) < 4.78 is 0. The van der Waals surface area contributed by atoms with Crippen LogP contribution in [0.4, 0.5) is 0 Å². The molecule has 8 atom stereocenters. The second-order valence-corrected chi connectivity index (χ2v) is 6.14. The molecular formula is C12H22N2O6. The lowest BCUT2D eigenvalue weighted by Crippen LogP contribution is -2.74. The molecule has 0 unspecified atom stereocenters. The van der Waals surface area contributed by atoms with Crippen molar-refractivity contribution in [1.29, 1.82) is 0 Å². The minimum atomic E-state index is -1.18. The van der Waals surface area contributed by atoms with Gasteiger partial charge in [0, 0.05) is 26.2 Å². The summed E-state index contributed by atoms with van der Waals surface area (Å²) in [6.45, 7) is 1.18. The molecule has 0 bridgehead atoms. The average molecular weight is 290 g/mol. The standard InChI is InChI=1S/C12H22N2O6/c15-7-3-13-1-5-9(17)11(19)8(16)4-14(5)2-6(13)10(18)12(7)20/h5-12,15-20H,1-4H2/t5-,6-,7+,8+,9-,10-,11-,12-/m1/s1. The first-order valence-electron chi connectivity index (χ1n) is 6.96. The third kappa shape index (κ3) is 2.16. The second-order valence-electron chi connectivity index (χ2n) is 6.14. The molecule has 0 aromatic rings. The monoisotopic (exact) mass is 290 g/mol. The van der Waals surface area contributed by atoms with Crippen LogP contribution in [0.1, 0.15) is 0 Å². The zero-order chi connectivity index (χ0) is 14.6. The van der Waals surface area contributed by atoms with Gasteiger partial charge in [0.15, 0.2) is 0 Å². The Morgan fingerprint density at radius 1 is 0.500 bits per heavy atom. The molecule has 0 amide bonds. The second kappa shape index (κ2) is 5.15. The molecule has 3 fully saturated rings. The van der Waals surface area contributed by atoms with E-state index in [9.17, 15) is 30.6 Å². The summed E-state index contributed by atoms with van der Waals surface area (Å²) in [5.41, 5.74) is 0. The molecule has 3 saturated heterocycles. The molecular weight excluding hydrogens is 268 g/mol. The summed E-state index contributed by atoms with van der Waals surface area (Å²) in [4.78, 5) is 3.66. The summed E-state index contributed by atoms with van der Waals surface area (Å²) in [5, 5.41) is 59.1. The van der Waals surface area contributed by atoms with Gasteiger partial charge in [-0.05, 0) is 0 Å². The van der Waals surface area contributed by atoms with Gasteiger partial charge in [0.1, 0.15) is 12.2 Å². The van der Waals surface area contributed by atoms with Gasteiger partial charge in [-0.1, -0.05) is 0 Å². The first kappa shape index (κ1) is 14.6. The number of nitrogens with zero attached hydrogens (tertiary/aromatic N) is 2. The minimum Gasteiger partial charge on any atom is -0.389 e. The topological polar surface area (TPSA) is 128 Å². The predicted molar refractivity (Wildman–Crippen MR) is 66.8 cm³/mol. The van der Waals surface area contributed by atoms with Gasteiger partial charge in [-0.15, -0.1) is 0 Å². The third-order valence-corrected chi connectivity index (χ3v) is 4.90. The molecule has 6 N–H and O–H groups in total. The molecule has 20 heavy (non-hydrogen) atoms. The molecule has 0 aromatic carbocycles. The lowest BCUT2D eigenvalue weighted by atomic mass is 9.85. The maximum Gasteiger partial charge on any atom is 0.109 e. The van der Waals surface area contributed by atoms with E-state index in [-0.39, 0.29) is 25.2 Å². The molecule has 0 aromatic heterocycles. The highest BCUT2D eigenvalue weighted by molar-refractivity contribution is 5.05. The van der Waals surface area contributed by atoms with Crippen molar-refractivity contribution in [3.63, 3.8) is 0 Å². The van der Waals surface area contributed by atoms with Crippen LogP contribution in [-0.4, -0.2) is 115 Å². The van der Waals surface area contributed by atoms with E-state index >= 15 is 0 Å². The lowest BCUT2D eigenvalue weighted by Gasteiger charge is -2.55. The van der Waals surface area contributed by atoms with Crippen LogP contribution in [0.15, 0.2) is 0 Å². The quantitative estimate of drug-likeness (QED) is 0.264. The average Bonchev–Trinajstić information content (AvgIpc) is 2.42. The smallest absolute Gasteiger partial charge is 0.109 e. The number of piperidine rings is 2. The van der Waals surface area contributed by atoms with E-state index in [1.165, 1.54) is 0 Å². The third-order valence-electron chi connectivity index (χ3n) is 4.90. The molecule has 0 aliphatic carbocycles. The highest BCUT2D eigenvalue weighted by atomic mass is 16.4. The van der Waals surface area contributed by atoms with E-state index in [4.69, 9.17) is 0 Å². The highest BCUT2D eigenvalue weighted by Crippen LogP contribution is 2.30. The molecule has 3 aliphatic heterocycles. The van der Waals surface area contributed by atoms with Crippen LogP contribution in [-0.2, 0) is 0 Å². The molecule has 8 heteroatoms. The SMILES string of the molecule is O[C@H]1[C@H](O)[C@@H](O)CN2C[C@@H]3[C@@H](O)[C@H](O)[C@@H](O)CN3C[C@H]12. The fourth-order valence-electron chi connectivity index (χ4n) is 3.66. The Morgan fingerprint density at radius 2 is 0.850 bits per heavy atom. The van der Waals surface area contributed by atoms with Gasteiger partial charge in [-0.3, -0.25) is 9.80 Å². The maximum atomic E-state index is 10.1. The predicted octanol–water partition coefficient (Wildman–Crippen LogP) is -4.47. The summed E-state index contributed by atoms with van der Waals surface area (Å²) in [6.07, 6.45) is -6.55. The molecule has 0 radical (unpaired) electrons. The van der Waals surface area contributed by atoms with Crippen LogP contribution < -0.4 is 0 Å². The number of fused-ring (bicyclic) bond motifs is 2. The van der Waals surface area contributed by atoms with Crippen LogP contribution in [0.5, 0.6) is 0 Å². The van der Waals surface area contributed by atoms with Gasteiger partial charge in [0.05, 0.1) is 36.5 Å². The van der Waals surface area contributed by atoms with Gasteiger partial charge in [-0.25, -0.2) is 0 Å². The van der Waals surface area contributed by atoms with Gasteiger partial charge < -0.3 is 30.6 Å². The minimum absolute atomic E-state index is 0.221. The Bertz CT molecular complexity index is 338. The van der Waals surface area contributed by atoms with Crippen molar-refractivity contribution in [2.24, 2.45) is 0 Å². The van der Waals surface area contributed by atoms with Gasteiger partial charge in [0.2, 0.25) is 0 Å². The fraction of sp³-hybridized carbons (Fsp3) is 1.00. The lowest BCUT2D eigenvalue weighted by molar-refractivity contribution is -0.196. The molecule has 116 valence electrons. The molecule has 3 aliphatic rings. The first-order chi connectivity index (χ1) is 9.40. The van der Waals surface area contributed by atoms with Crippen molar-refractivity contribution in [2.75, 3.05) is 26.2 Å². The van der Waals surface area contributed by atoms with E-state index in [1.54, 1.807) is 0 Å². The normalized spacial score (nSPS) is 54.3. The van der Waals surface area contributed by atoms with Crippen molar-refractivity contribution in [1.82, 2.24) is 9.80 Å². The zero-order valence-corrected chi connectivity index (χ0v) is 11.0. The fourth-order valence-corrected chi connectivity index (χ4v) is 3.66. The van der Waals surface area contributed by atoms with Crippen LogP contribution in [0.25, 0.3) is 0 Å². The highest BCUT2D eigenvalue weighted by Gasteiger charge is 2.51. The molecule has 8 nitrogen and oxygen atoms in total. The van der Waals surface area contributed by atoms with E-state index in [2.05, 4.69) is 0 Å². The van der Waals surface area contributed by atoms with E-state index < -0.39 is 36.6 Å². The zero-order valence-electron chi connectivity index (χ0n) is 11.0. The summed E-state index contributed by atoms with van der Waals surface area (Å²) in [6, 6.07) is -0.696. The molecule has 3 rings (SSSR count). The van der Waals surface area contributed by atoms with Crippen molar-refractivity contribution < 1.29 is 30.6 Å². The number of rotatable bonds is 0. The van der Waals surface area contributed by atoms with Crippen molar-refractivity contribution in [3.05, 3.63) is 0 Å². The number of hydrogen-bond donors (Lipinski definition) is 6. The molecule has 0 saturated carbocycles. The number of aliphatic hydroxyl groups excluding tert-OH is 6. The molecule has 3 heterocycles. The Kier molecular flexibility index (Phi) is 3.76. The Balaban J connectivity index is 1.78. The van der Waals surface area contributed by atoms with Crippen molar-refractivity contribution >= 4 is 0 Å². The Morgan fingerprint density at radius 3 is 1.20 bits per heavy atom. The van der Waals surface area contributed by atoms with Crippen LogP contribution in [0, 0.1) is 0 Å². The van der Waals surface area contributed by atoms with Crippen LogP contribution in [0.2, 0.25) is 0 Å². The van der Waals surface area contributed by atoms with Crippen molar-refractivity contribution in [3.8, 4) is 0 Å². The van der Waals surface area contributed by atoms with E-state index in [0.717, 1.165) is 0 Å². The Hall–Kier alpha value is -0.320. The number of hydrogen-bond acceptors (Lipinski definition) is 8. The summed E-state index contributed by atoms with van der Waals surface area (Å²) in [7, 11) is 0. The van der Waals surface area contributed by atoms with Gasteiger partial charge >= 0.3 is 0 Å². The first-order valence-corrected chi connectivity index (χ1v) is 6.96. The van der Waals surface area contributed by atoms with Crippen LogP contribution in [0.3, 0.4) is 0 Å².